The van der Waals surface area contributed by atoms with Gasteiger partial charge in [0.1, 0.15) is 12.4 Å². The zero-order valence-corrected chi connectivity index (χ0v) is 18.1. The van der Waals surface area contributed by atoms with Crippen LogP contribution >= 0.6 is 0 Å². The molecule has 0 unspecified atom stereocenters. The number of para-hydroxylation sites is 1. The fraction of sp³-hybridized carbons (Fsp3) is 0.462. The van der Waals surface area contributed by atoms with Crippen LogP contribution in [0.25, 0.3) is 0 Å². The number of hydrogen-bond donors (Lipinski definition) is 0. The van der Waals surface area contributed by atoms with Crippen LogP contribution in [0.2, 0.25) is 0 Å². The second kappa shape index (κ2) is 14.1. The molecule has 1 heteroatoms. The quantitative estimate of drug-likeness (QED) is 0.339. The van der Waals surface area contributed by atoms with Gasteiger partial charge < -0.3 is 4.74 Å². The summed E-state index contributed by atoms with van der Waals surface area (Å²) in [6, 6.07) is 9.99. The van der Waals surface area contributed by atoms with E-state index in [9.17, 15) is 0 Å². The highest BCUT2D eigenvalue weighted by atomic mass is 16.5. The van der Waals surface area contributed by atoms with Crippen LogP contribution in [0.4, 0.5) is 0 Å². The van der Waals surface area contributed by atoms with Crippen LogP contribution in [0.15, 0.2) is 76.9 Å². The Bertz CT molecular complexity index is 640. The van der Waals surface area contributed by atoms with E-state index in [2.05, 4.69) is 58.9 Å². The van der Waals surface area contributed by atoms with E-state index in [0.29, 0.717) is 6.61 Å². The van der Waals surface area contributed by atoms with Crippen molar-refractivity contribution in [2.24, 2.45) is 0 Å². The molecule has 0 saturated carbocycles. The molecule has 0 aliphatic carbocycles. The predicted octanol–water partition coefficient (Wildman–Crippen LogP) is 8.21. The summed E-state index contributed by atoms with van der Waals surface area (Å²) < 4.78 is 5.72. The summed E-state index contributed by atoms with van der Waals surface area (Å²) in [4.78, 5) is 0. The van der Waals surface area contributed by atoms with Crippen LogP contribution in [-0.4, -0.2) is 6.61 Å². The Labute approximate surface area is 167 Å². The lowest BCUT2D eigenvalue weighted by atomic mass is 10.0. The highest BCUT2D eigenvalue weighted by Crippen LogP contribution is 2.14. The molecule has 0 aromatic heterocycles. The lowest BCUT2D eigenvalue weighted by Gasteiger charge is -2.04. The van der Waals surface area contributed by atoms with Crippen molar-refractivity contribution in [3.63, 3.8) is 0 Å². The van der Waals surface area contributed by atoms with Gasteiger partial charge in [-0.3, -0.25) is 0 Å². The molecule has 0 aliphatic heterocycles. The van der Waals surface area contributed by atoms with E-state index in [1.807, 2.05) is 30.3 Å². The van der Waals surface area contributed by atoms with Crippen molar-refractivity contribution in [1.29, 1.82) is 0 Å². The zero-order chi connectivity index (χ0) is 19.9. The van der Waals surface area contributed by atoms with E-state index >= 15 is 0 Å². The molecular formula is C26H38O. The lowest BCUT2D eigenvalue weighted by molar-refractivity contribution is 0.361. The molecule has 0 bridgehead atoms. The van der Waals surface area contributed by atoms with Crippen LogP contribution in [0.1, 0.15) is 73.1 Å². The van der Waals surface area contributed by atoms with Gasteiger partial charge in [-0.05, 0) is 91.4 Å². The molecule has 0 fully saturated rings. The minimum absolute atomic E-state index is 0.648. The van der Waals surface area contributed by atoms with Gasteiger partial charge in [0, 0.05) is 0 Å². The molecule has 0 radical (unpaired) electrons. The van der Waals surface area contributed by atoms with Crippen LogP contribution in [0.5, 0.6) is 5.75 Å². The minimum atomic E-state index is 0.648. The van der Waals surface area contributed by atoms with Gasteiger partial charge >= 0.3 is 0 Å². The maximum atomic E-state index is 5.72. The smallest absolute Gasteiger partial charge is 0.119 e. The summed E-state index contributed by atoms with van der Waals surface area (Å²) in [5.41, 5.74) is 5.82. The first kappa shape index (κ1) is 23.0. The van der Waals surface area contributed by atoms with Crippen molar-refractivity contribution in [3.8, 4) is 5.75 Å². The Morgan fingerprint density at radius 2 is 1.15 bits per heavy atom. The summed E-state index contributed by atoms with van der Waals surface area (Å²) in [7, 11) is 0. The molecule has 0 saturated heterocycles. The van der Waals surface area contributed by atoms with Crippen LogP contribution in [-0.2, 0) is 0 Å². The van der Waals surface area contributed by atoms with Gasteiger partial charge in [0.15, 0.2) is 0 Å². The molecule has 0 amide bonds. The van der Waals surface area contributed by atoms with Gasteiger partial charge in [0.25, 0.3) is 0 Å². The van der Waals surface area contributed by atoms with Gasteiger partial charge in [-0.15, -0.1) is 0 Å². The Balaban J connectivity index is 2.21. The molecule has 1 aromatic carbocycles. The van der Waals surface area contributed by atoms with E-state index < -0.39 is 0 Å². The van der Waals surface area contributed by atoms with Crippen molar-refractivity contribution in [2.45, 2.75) is 73.1 Å². The largest absolute Gasteiger partial charge is 0.490 e. The van der Waals surface area contributed by atoms with Gasteiger partial charge in [0.2, 0.25) is 0 Å². The summed E-state index contributed by atoms with van der Waals surface area (Å²) >= 11 is 0. The van der Waals surface area contributed by atoms with E-state index in [1.165, 1.54) is 41.6 Å². The summed E-state index contributed by atoms with van der Waals surface area (Å²) in [5.74, 6) is 0.932. The molecule has 27 heavy (non-hydrogen) atoms. The Morgan fingerprint density at radius 3 is 1.67 bits per heavy atom. The zero-order valence-electron chi connectivity index (χ0n) is 18.1. The maximum Gasteiger partial charge on any atom is 0.119 e. The van der Waals surface area contributed by atoms with Gasteiger partial charge in [0.05, 0.1) is 0 Å². The monoisotopic (exact) mass is 366 g/mol. The highest BCUT2D eigenvalue weighted by molar-refractivity contribution is 5.21. The average Bonchev–Trinajstić information content (AvgIpc) is 2.62. The normalized spacial score (nSPS) is 12.9. The minimum Gasteiger partial charge on any atom is -0.490 e. The van der Waals surface area contributed by atoms with Crippen LogP contribution in [0, 0.1) is 0 Å². The second-order valence-electron chi connectivity index (χ2n) is 7.67. The SMILES string of the molecule is CC(C)=CCC/C(C)=C/CC/C(C)=C/CC/C(C)=C/COc1ccccc1. The Morgan fingerprint density at radius 1 is 0.667 bits per heavy atom. The molecule has 1 aromatic rings. The number of benzene rings is 1. The first-order chi connectivity index (χ1) is 13.0. The fourth-order valence-electron chi connectivity index (χ4n) is 2.78. The van der Waals surface area contributed by atoms with Crippen LogP contribution in [0.3, 0.4) is 0 Å². The Kier molecular flexibility index (Phi) is 12.0. The van der Waals surface area contributed by atoms with Crippen LogP contribution < -0.4 is 4.74 Å². The van der Waals surface area contributed by atoms with Crippen molar-refractivity contribution in [2.75, 3.05) is 6.61 Å². The average molecular weight is 367 g/mol. The van der Waals surface area contributed by atoms with E-state index in [1.54, 1.807) is 0 Å². The molecule has 1 rings (SSSR count). The summed E-state index contributed by atoms with van der Waals surface area (Å²) in [5, 5.41) is 0. The summed E-state index contributed by atoms with van der Waals surface area (Å²) in [6.45, 7) is 11.7. The molecule has 148 valence electrons. The predicted molar refractivity (Wildman–Crippen MR) is 120 cm³/mol. The van der Waals surface area contributed by atoms with E-state index in [4.69, 9.17) is 4.74 Å². The van der Waals surface area contributed by atoms with Crippen molar-refractivity contribution in [3.05, 3.63) is 76.9 Å². The number of allylic oxidation sites excluding steroid dienone is 7. The maximum absolute atomic E-state index is 5.72. The number of rotatable bonds is 12. The van der Waals surface area contributed by atoms with Crippen molar-refractivity contribution in [1.82, 2.24) is 0 Å². The summed E-state index contributed by atoms with van der Waals surface area (Å²) in [6.07, 6.45) is 16.2. The highest BCUT2D eigenvalue weighted by Gasteiger charge is 1.94. The lowest BCUT2D eigenvalue weighted by Crippen LogP contribution is -1.94. The molecule has 0 atom stereocenters. The molecule has 0 spiro atoms. The van der Waals surface area contributed by atoms with Gasteiger partial charge in [-0.25, -0.2) is 0 Å². The topological polar surface area (TPSA) is 9.23 Å². The molecule has 0 aliphatic rings. The molecule has 0 heterocycles. The van der Waals surface area contributed by atoms with Crippen molar-refractivity contribution < 1.29 is 4.74 Å². The fourth-order valence-corrected chi connectivity index (χ4v) is 2.78. The van der Waals surface area contributed by atoms with E-state index in [-0.39, 0.29) is 0 Å². The molecule has 1 nitrogen and oxygen atoms in total. The third-order valence-electron chi connectivity index (χ3n) is 4.58. The standard InChI is InChI=1S/C26H38O/c1-22(2)12-9-13-23(3)14-10-15-24(4)16-11-17-25(5)20-21-27-26-18-7-6-8-19-26/h6-8,12,14,16,18-20H,9-11,13,15,17,21H2,1-5H3/b23-14+,24-16+,25-20+. The Hall–Kier alpha value is -2.02. The first-order valence-corrected chi connectivity index (χ1v) is 10.3. The molecular weight excluding hydrogens is 328 g/mol. The third-order valence-corrected chi connectivity index (χ3v) is 4.58. The number of ether oxygens (including phenoxy) is 1. The second-order valence-corrected chi connectivity index (χ2v) is 7.67. The van der Waals surface area contributed by atoms with Crippen molar-refractivity contribution >= 4 is 0 Å². The first-order valence-electron chi connectivity index (χ1n) is 10.3. The molecule has 0 N–H and O–H groups in total. The number of hydrogen-bond acceptors (Lipinski definition) is 1. The van der Waals surface area contributed by atoms with Gasteiger partial charge in [-0.1, -0.05) is 58.7 Å². The van der Waals surface area contributed by atoms with E-state index in [0.717, 1.165) is 25.0 Å². The van der Waals surface area contributed by atoms with Gasteiger partial charge in [-0.2, -0.15) is 0 Å². The third kappa shape index (κ3) is 12.9.